The van der Waals surface area contributed by atoms with Crippen LogP contribution in [-0.4, -0.2) is 5.16 Å². The lowest BCUT2D eigenvalue weighted by molar-refractivity contribution is 0.393. The second kappa shape index (κ2) is 5.55. The van der Waals surface area contributed by atoms with Gasteiger partial charge in [0.1, 0.15) is 5.76 Å². The third kappa shape index (κ3) is 3.39. The number of halogens is 1. The molecule has 0 unspecified atom stereocenters. The van der Waals surface area contributed by atoms with E-state index in [0.717, 1.165) is 27.4 Å². The van der Waals surface area contributed by atoms with Crippen molar-refractivity contribution in [3.05, 3.63) is 51.8 Å². The third-order valence-electron chi connectivity index (χ3n) is 2.08. The molecule has 0 radical (unpaired) electrons. The van der Waals surface area contributed by atoms with E-state index in [2.05, 4.69) is 39.3 Å². The van der Waals surface area contributed by atoms with Gasteiger partial charge in [0, 0.05) is 22.0 Å². The van der Waals surface area contributed by atoms with E-state index in [1.807, 2.05) is 30.8 Å². The highest BCUT2D eigenvalue weighted by molar-refractivity contribution is 9.10. The minimum atomic E-state index is 0.873. The zero-order valence-electron chi connectivity index (χ0n) is 8.94. The van der Waals surface area contributed by atoms with Crippen molar-refractivity contribution >= 4 is 27.7 Å². The fourth-order valence-electron chi connectivity index (χ4n) is 1.39. The Morgan fingerprint density at radius 1 is 1.31 bits per heavy atom. The molecule has 0 fully saturated rings. The number of hydrogen-bond acceptors (Lipinski definition) is 3. The Labute approximate surface area is 108 Å². The quantitative estimate of drug-likeness (QED) is 0.847. The molecule has 1 heterocycles. The molecule has 0 saturated carbocycles. The number of aryl methyl sites for hydroxylation is 1. The molecule has 0 saturated heterocycles. The van der Waals surface area contributed by atoms with Gasteiger partial charge in [-0.25, -0.2) is 0 Å². The molecule has 0 bridgehead atoms. The summed E-state index contributed by atoms with van der Waals surface area (Å²) in [7, 11) is 0. The number of hydrogen-bond donors (Lipinski definition) is 0. The Bertz CT molecular complexity index is 470. The van der Waals surface area contributed by atoms with E-state index in [0.29, 0.717) is 0 Å². The van der Waals surface area contributed by atoms with Crippen LogP contribution in [0.2, 0.25) is 0 Å². The lowest BCUT2D eigenvalue weighted by Crippen LogP contribution is -1.83. The summed E-state index contributed by atoms with van der Waals surface area (Å²) in [5.41, 5.74) is 2.33. The van der Waals surface area contributed by atoms with Crippen LogP contribution in [0.1, 0.15) is 17.0 Å². The van der Waals surface area contributed by atoms with Gasteiger partial charge in [-0.2, -0.15) is 11.8 Å². The van der Waals surface area contributed by atoms with Gasteiger partial charge < -0.3 is 4.52 Å². The van der Waals surface area contributed by atoms with E-state index in [1.165, 1.54) is 5.56 Å². The molecule has 1 aromatic heterocycles. The zero-order chi connectivity index (χ0) is 11.4. The normalized spacial score (nSPS) is 10.6. The Hall–Kier alpha value is -0.740. The van der Waals surface area contributed by atoms with Crippen molar-refractivity contribution in [2.75, 3.05) is 0 Å². The standard InChI is InChI=1S/C12H12BrNOS/c1-9-5-12(14-15-9)8-16-7-10-3-2-4-11(13)6-10/h2-6H,7-8H2,1H3. The van der Waals surface area contributed by atoms with E-state index in [1.54, 1.807) is 0 Å². The van der Waals surface area contributed by atoms with E-state index in [9.17, 15) is 0 Å². The van der Waals surface area contributed by atoms with E-state index >= 15 is 0 Å². The molecule has 0 aliphatic heterocycles. The first-order chi connectivity index (χ1) is 7.74. The van der Waals surface area contributed by atoms with Crippen molar-refractivity contribution < 1.29 is 4.52 Å². The highest BCUT2D eigenvalue weighted by Crippen LogP contribution is 2.20. The molecule has 2 aromatic rings. The van der Waals surface area contributed by atoms with Gasteiger partial charge in [-0.05, 0) is 24.6 Å². The molecule has 84 valence electrons. The fraction of sp³-hybridized carbons (Fsp3) is 0.250. The summed E-state index contributed by atoms with van der Waals surface area (Å²) in [6.07, 6.45) is 0. The van der Waals surface area contributed by atoms with Crippen LogP contribution >= 0.6 is 27.7 Å². The van der Waals surface area contributed by atoms with Crippen molar-refractivity contribution in [3.63, 3.8) is 0 Å². The Balaban J connectivity index is 1.84. The first-order valence-corrected chi connectivity index (χ1v) is 6.93. The molecule has 1 aromatic carbocycles. The van der Waals surface area contributed by atoms with Gasteiger partial charge in [-0.1, -0.05) is 33.2 Å². The molecule has 0 amide bonds. The molecule has 2 rings (SSSR count). The minimum absolute atomic E-state index is 0.873. The smallest absolute Gasteiger partial charge is 0.133 e. The second-order valence-corrected chi connectivity index (χ2v) is 5.45. The van der Waals surface area contributed by atoms with Gasteiger partial charge in [0.15, 0.2) is 0 Å². The first-order valence-electron chi connectivity index (χ1n) is 4.98. The molecule has 4 heteroatoms. The predicted octanol–water partition coefficient (Wildman–Crippen LogP) is 4.18. The summed E-state index contributed by atoms with van der Waals surface area (Å²) < 4.78 is 6.14. The van der Waals surface area contributed by atoms with Crippen LogP contribution in [0.15, 0.2) is 39.3 Å². The van der Waals surface area contributed by atoms with Crippen LogP contribution in [0.25, 0.3) is 0 Å². The van der Waals surface area contributed by atoms with Crippen molar-refractivity contribution in [3.8, 4) is 0 Å². The Morgan fingerprint density at radius 2 is 2.19 bits per heavy atom. The van der Waals surface area contributed by atoms with E-state index in [-0.39, 0.29) is 0 Å². The second-order valence-electron chi connectivity index (χ2n) is 3.55. The highest BCUT2D eigenvalue weighted by atomic mass is 79.9. The summed E-state index contributed by atoms with van der Waals surface area (Å²) in [6.45, 7) is 1.91. The maximum Gasteiger partial charge on any atom is 0.133 e. The van der Waals surface area contributed by atoms with Gasteiger partial charge >= 0.3 is 0 Å². The molecule has 16 heavy (non-hydrogen) atoms. The maximum atomic E-state index is 5.02. The van der Waals surface area contributed by atoms with Crippen LogP contribution in [0.4, 0.5) is 0 Å². The Morgan fingerprint density at radius 3 is 2.88 bits per heavy atom. The molecule has 0 aliphatic rings. The molecular formula is C12H12BrNOS. The van der Waals surface area contributed by atoms with Crippen LogP contribution in [0, 0.1) is 6.92 Å². The summed E-state index contributed by atoms with van der Waals surface area (Å²) in [5, 5.41) is 3.96. The van der Waals surface area contributed by atoms with Crippen molar-refractivity contribution in [2.45, 2.75) is 18.4 Å². The van der Waals surface area contributed by atoms with Gasteiger partial charge in [0.2, 0.25) is 0 Å². The zero-order valence-corrected chi connectivity index (χ0v) is 11.3. The molecule has 0 spiro atoms. The van der Waals surface area contributed by atoms with Crippen LogP contribution in [-0.2, 0) is 11.5 Å². The molecular weight excluding hydrogens is 286 g/mol. The number of aromatic nitrogens is 1. The SMILES string of the molecule is Cc1cc(CSCc2cccc(Br)c2)no1. The van der Waals surface area contributed by atoms with Crippen molar-refractivity contribution in [2.24, 2.45) is 0 Å². The average molecular weight is 298 g/mol. The lowest BCUT2D eigenvalue weighted by atomic mass is 10.2. The Kier molecular flexibility index (Phi) is 4.07. The van der Waals surface area contributed by atoms with Gasteiger partial charge in [0.05, 0.1) is 5.69 Å². The molecule has 0 aliphatic carbocycles. The van der Waals surface area contributed by atoms with Crippen LogP contribution < -0.4 is 0 Å². The van der Waals surface area contributed by atoms with Crippen molar-refractivity contribution in [1.29, 1.82) is 0 Å². The average Bonchev–Trinajstić information content (AvgIpc) is 2.64. The number of rotatable bonds is 4. The largest absolute Gasteiger partial charge is 0.361 e. The van der Waals surface area contributed by atoms with E-state index < -0.39 is 0 Å². The van der Waals surface area contributed by atoms with Gasteiger partial charge in [-0.3, -0.25) is 0 Å². The summed E-state index contributed by atoms with van der Waals surface area (Å²) in [5.74, 6) is 2.76. The van der Waals surface area contributed by atoms with Crippen LogP contribution in [0.3, 0.4) is 0 Å². The summed E-state index contributed by atoms with van der Waals surface area (Å²) in [6, 6.07) is 10.3. The maximum absolute atomic E-state index is 5.02. The van der Waals surface area contributed by atoms with Gasteiger partial charge in [-0.15, -0.1) is 0 Å². The topological polar surface area (TPSA) is 26.0 Å². The predicted molar refractivity (Wildman–Crippen MR) is 70.4 cm³/mol. The monoisotopic (exact) mass is 297 g/mol. The highest BCUT2D eigenvalue weighted by Gasteiger charge is 2.01. The van der Waals surface area contributed by atoms with Crippen molar-refractivity contribution in [1.82, 2.24) is 5.16 Å². The van der Waals surface area contributed by atoms with E-state index in [4.69, 9.17) is 4.52 Å². The van der Waals surface area contributed by atoms with Crippen LogP contribution in [0.5, 0.6) is 0 Å². The lowest BCUT2D eigenvalue weighted by Gasteiger charge is -2.00. The third-order valence-corrected chi connectivity index (χ3v) is 3.62. The molecule has 0 atom stereocenters. The minimum Gasteiger partial charge on any atom is -0.361 e. The molecule has 2 nitrogen and oxygen atoms in total. The fourth-order valence-corrected chi connectivity index (χ4v) is 2.70. The number of benzene rings is 1. The molecule has 0 N–H and O–H groups in total. The van der Waals surface area contributed by atoms with Gasteiger partial charge in [0.25, 0.3) is 0 Å². The summed E-state index contributed by atoms with van der Waals surface area (Å²) in [4.78, 5) is 0. The first kappa shape index (κ1) is 11.7. The number of nitrogens with zero attached hydrogens (tertiary/aromatic N) is 1. The summed E-state index contributed by atoms with van der Waals surface area (Å²) >= 11 is 5.30. The number of thioether (sulfide) groups is 1.